The second-order valence-electron chi connectivity index (χ2n) is 8.39. The van der Waals surface area contributed by atoms with Crippen molar-refractivity contribution in [1.29, 1.82) is 0 Å². The monoisotopic (exact) mass is 489 g/mol. The number of benzene rings is 2. The summed E-state index contributed by atoms with van der Waals surface area (Å²) < 4.78 is 1.37. The number of nitro benzene ring substituents is 1. The van der Waals surface area contributed by atoms with Gasteiger partial charge in [-0.15, -0.1) is 11.3 Å². The number of thiophene rings is 1. The predicted octanol–water partition coefficient (Wildman–Crippen LogP) is 3.69. The highest BCUT2D eigenvalue weighted by Crippen LogP contribution is 2.35. The Morgan fingerprint density at radius 2 is 1.74 bits per heavy atom. The molecule has 1 saturated heterocycles. The first-order valence-corrected chi connectivity index (χ1v) is 12.1. The number of carbonyl (C=O) groups is 1. The van der Waals surface area contributed by atoms with Crippen LogP contribution in [0.1, 0.15) is 5.56 Å². The van der Waals surface area contributed by atoms with Gasteiger partial charge in [0.2, 0.25) is 5.91 Å². The van der Waals surface area contributed by atoms with Gasteiger partial charge >= 0.3 is 0 Å². The molecule has 3 heterocycles. The van der Waals surface area contributed by atoms with Gasteiger partial charge in [-0.25, -0.2) is 4.98 Å². The van der Waals surface area contributed by atoms with Crippen molar-refractivity contribution in [2.24, 2.45) is 0 Å². The second-order valence-corrected chi connectivity index (χ2v) is 9.39. The molecule has 2 aromatic heterocycles. The molecule has 4 aromatic rings. The highest BCUT2D eigenvalue weighted by atomic mass is 32.1. The van der Waals surface area contributed by atoms with E-state index in [-0.39, 0.29) is 23.7 Å². The zero-order valence-electron chi connectivity index (χ0n) is 19.1. The number of rotatable bonds is 5. The number of aromatic nitrogens is 2. The van der Waals surface area contributed by atoms with Crippen LogP contribution in [0.2, 0.25) is 0 Å². The molecular formula is C25H23N5O4S. The van der Waals surface area contributed by atoms with E-state index in [2.05, 4.69) is 4.98 Å². The summed E-state index contributed by atoms with van der Waals surface area (Å²) in [7, 11) is 0. The Morgan fingerprint density at radius 1 is 1.06 bits per heavy atom. The maximum atomic E-state index is 13.2. The van der Waals surface area contributed by atoms with Crippen LogP contribution in [0, 0.1) is 17.0 Å². The zero-order chi connectivity index (χ0) is 24.5. The maximum absolute atomic E-state index is 13.2. The number of amides is 1. The van der Waals surface area contributed by atoms with Crippen molar-refractivity contribution in [2.75, 3.05) is 31.1 Å². The molecule has 0 aliphatic carbocycles. The van der Waals surface area contributed by atoms with Gasteiger partial charge in [0.15, 0.2) is 0 Å². The minimum Gasteiger partial charge on any atom is -0.362 e. The number of fused-ring (bicyclic) bond motifs is 1. The quantitative estimate of drug-likeness (QED) is 0.313. The van der Waals surface area contributed by atoms with Gasteiger partial charge in [-0.1, -0.05) is 42.5 Å². The molecule has 0 atom stereocenters. The molecule has 0 radical (unpaired) electrons. The Hall–Kier alpha value is -4.05. The van der Waals surface area contributed by atoms with Crippen LogP contribution in [0.5, 0.6) is 0 Å². The van der Waals surface area contributed by atoms with Gasteiger partial charge in [0.05, 0.1) is 16.6 Å². The molecule has 0 unspecified atom stereocenters. The number of carbonyl (C=O) groups excluding carboxylic acids is 1. The van der Waals surface area contributed by atoms with E-state index in [0.29, 0.717) is 42.1 Å². The van der Waals surface area contributed by atoms with Crippen LogP contribution in [-0.2, 0) is 11.3 Å². The van der Waals surface area contributed by atoms with E-state index in [1.165, 1.54) is 28.3 Å². The van der Waals surface area contributed by atoms with Crippen molar-refractivity contribution in [2.45, 2.75) is 13.5 Å². The summed E-state index contributed by atoms with van der Waals surface area (Å²) >= 11 is 1.47. The highest BCUT2D eigenvalue weighted by Gasteiger charge is 2.26. The van der Waals surface area contributed by atoms with Crippen LogP contribution in [0.4, 0.5) is 11.4 Å². The lowest BCUT2D eigenvalue weighted by molar-refractivity contribution is -0.384. The zero-order valence-corrected chi connectivity index (χ0v) is 19.9. The molecule has 35 heavy (non-hydrogen) atoms. The third-order valence-corrected chi connectivity index (χ3v) is 7.56. The van der Waals surface area contributed by atoms with E-state index in [9.17, 15) is 19.7 Å². The number of aryl methyl sites for hydroxylation is 1. The summed E-state index contributed by atoms with van der Waals surface area (Å²) in [6, 6.07) is 16.5. The van der Waals surface area contributed by atoms with Crippen molar-refractivity contribution in [3.8, 4) is 10.4 Å². The topological polar surface area (TPSA) is 102 Å². The highest BCUT2D eigenvalue weighted by molar-refractivity contribution is 7.22. The fraction of sp³-hybridized carbons (Fsp3) is 0.240. The van der Waals surface area contributed by atoms with Gasteiger partial charge in [-0.2, -0.15) is 0 Å². The van der Waals surface area contributed by atoms with E-state index >= 15 is 0 Å². The van der Waals surface area contributed by atoms with Crippen LogP contribution in [0.15, 0.2) is 65.7 Å². The van der Waals surface area contributed by atoms with Crippen LogP contribution in [0.25, 0.3) is 20.7 Å². The minimum absolute atomic E-state index is 0.0548. The van der Waals surface area contributed by atoms with Gasteiger partial charge < -0.3 is 9.80 Å². The van der Waals surface area contributed by atoms with Gasteiger partial charge in [0, 0.05) is 37.1 Å². The average molecular weight is 490 g/mol. The van der Waals surface area contributed by atoms with E-state index in [1.54, 1.807) is 23.1 Å². The molecule has 10 heteroatoms. The van der Waals surface area contributed by atoms with Crippen molar-refractivity contribution < 1.29 is 9.72 Å². The van der Waals surface area contributed by atoms with E-state index in [0.717, 1.165) is 16.0 Å². The number of hydrogen-bond donors (Lipinski definition) is 0. The number of nitro groups is 1. The lowest BCUT2D eigenvalue weighted by Crippen LogP contribution is -2.50. The smallest absolute Gasteiger partial charge is 0.292 e. The lowest BCUT2D eigenvalue weighted by Gasteiger charge is -2.35. The summed E-state index contributed by atoms with van der Waals surface area (Å²) in [6.07, 6.45) is 1.44. The third kappa shape index (κ3) is 4.28. The molecule has 0 saturated carbocycles. The predicted molar refractivity (Wildman–Crippen MR) is 136 cm³/mol. The first kappa shape index (κ1) is 22.7. The summed E-state index contributed by atoms with van der Waals surface area (Å²) in [6.45, 7) is 3.62. The molecule has 0 N–H and O–H groups in total. The molecule has 0 spiro atoms. The molecule has 2 aromatic carbocycles. The Bertz CT molecular complexity index is 1470. The number of anilines is 1. The third-order valence-electron chi connectivity index (χ3n) is 6.31. The summed E-state index contributed by atoms with van der Waals surface area (Å²) in [4.78, 5) is 46.9. The number of nitrogens with zero attached hydrogens (tertiary/aromatic N) is 5. The normalized spacial score (nSPS) is 13.9. The van der Waals surface area contributed by atoms with Gasteiger partial charge in [-0.05, 0) is 24.1 Å². The number of para-hydroxylation sites is 2. The largest absolute Gasteiger partial charge is 0.362 e. The van der Waals surface area contributed by atoms with Crippen LogP contribution in [0.3, 0.4) is 0 Å². The first-order chi connectivity index (χ1) is 16.9. The summed E-state index contributed by atoms with van der Waals surface area (Å²) in [5, 5.41) is 11.9. The van der Waals surface area contributed by atoms with Crippen molar-refractivity contribution in [3.05, 3.63) is 87.0 Å². The molecule has 1 aliphatic heterocycles. The molecule has 1 fully saturated rings. The lowest BCUT2D eigenvalue weighted by atomic mass is 10.1. The van der Waals surface area contributed by atoms with E-state index < -0.39 is 4.92 Å². The Balaban J connectivity index is 1.32. The molecule has 0 bridgehead atoms. The molecule has 178 valence electrons. The second kappa shape index (κ2) is 9.30. The van der Waals surface area contributed by atoms with Crippen LogP contribution < -0.4 is 10.5 Å². The van der Waals surface area contributed by atoms with E-state index in [1.807, 2.05) is 42.2 Å². The van der Waals surface area contributed by atoms with Gasteiger partial charge in [0.25, 0.3) is 11.2 Å². The average Bonchev–Trinajstić information content (AvgIpc) is 3.23. The van der Waals surface area contributed by atoms with Crippen LogP contribution in [-0.4, -0.2) is 51.5 Å². The number of hydrogen-bond acceptors (Lipinski definition) is 7. The van der Waals surface area contributed by atoms with Crippen LogP contribution >= 0.6 is 11.3 Å². The first-order valence-electron chi connectivity index (χ1n) is 11.2. The molecule has 1 amide bonds. The number of piperazine rings is 1. The molecule has 1 aliphatic rings. The summed E-state index contributed by atoms with van der Waals surface area (Å²) in [5.74, 6) is -0.174. The fourth-order valence-electron chi connectivity index (χ4n) is 4.47. The minimum atomic E-state index is -0.391. The molecule has 5 rings (SSSR count). The molecule has 9 nitrogen and oxygen atoms in total. The van der Waals surface area contributed by atoms with E-state index in [4.69, 9.17) is 0 Å². The van der Waals surface area contributed by atoms with Crippen molar-refractivity contribution >= 4 is 38.8 Å². The van der Waals surface area contributed by atoms with Gasteiger partial charge in [0.1, 0.15) is 17.1 Å². The Morgan fingerprint density at radius 3 is 2.46 bits per heavy atom. The molecular weight excluding hydrogens is 466 g/mol. The van der Waals surface area contributed by atoms with Crippen molar-refractivity contribution in [3.63, 3.8) is 0 Å². The SMILES string of the molecule is Cc1c(-c2ccccc2)sc2ncn(CC(=O)N3CCN(c4ccccc4[N+](=O)[O-])CC3)c(=O)c12. The Kier molecular flexibility index (Phi) is 6.04. The Labute approximate surface area is 205 Å². The summed E-state index contributed by atoms with van der Waals surface area (Å²) in [5.41, 5.74) is 2.29. The van der Waals surface area contributed by atoms with Crippen molar-refractivity contribution in [1.82, 2.24) is 14.5 Å². The maximum Gasteiger partial charge on any atom is 0.292 e. The van der Waals surface area contributed by atoms with Gasteiger partial charge in [-0.3, -0.25) is 24.3 Å². The fourth-order valence-corrected chi connectivity index (χ4v) is 5.61. The standard InChI is InChI=1S/C25H23N5O4S/c1-17-22-24(35-23(17)18-7-3-2-4-8-18)26-16-29(25(22)32)15-21(31)28-13-11-27(12-14-28)19-9-5-6-10-20(19)30(33)34/h2-10,16H,11-15H2,1H3.